The molecule has 1 heterocycles. The second-order valence-electron chi connectivity index (χ2n) is 2.68. The first-order valence-corrected chi connectivity index (χ1v) is 5.45. The molecule has 0 aliphatic heterocycles. The summed E-state index contributed by atoms with van der Waals surface area (Å²) >= 11 is 0. The third kappa shape index (κ3) is 2.45. The Hall–Kier alpha value is -1.04. The van der Waals surface area contributed by atoms with Gasteiger partial charge in [-0.3, -0.25) is 4.68 Å². The summed E-state index contributed by atoms with van der Waals surface area (Å²) in [6.07, 6.45) is 0. The monoisotopic (exact) mass is 204 g/mol. The topological polar surface area (TPSA) is 61.2 Å². The fourth-order valence-electron chi connectivity index (χ4n) is 0.757. The van der Waals surface area contributed by atoms with Crippen molar-refractivity contribution < 1.29 is 12.6 Å². The van der Waals surface area contributed by atoms with E-state index in [1.807, 2.05) is 6.92 Å². The number of nitrogens with zero attached hydrogens (tertiary/aromatic N) is 2. The largest absolute Gasteiger partial charge is 0.360 e. The molecule has 1 rings (SSSR count). The lowest BCUT2D eigenvalue weighted by atomic mass is 10.5. The van der Waals surface area contributed by atoms with Gasteiger partial charge in [-0.25, -0.2) is 0 Å². The molecule has 0 saturated heterocycles. The van der Waals surface area contributed by atoms with Crippen molar-refractivity contribution in [1.29, 1.82) is 0 Å². The lowest BCUT2D eigenvalue weighted by Gasteiger charge is -1.99. The van der Waals surface area contributed by atoms with Gasteiger partial charge in [0.05, 0.1) is 5.75 Å². The summed E-state index contributed by atoms with van der Waals surface area (Å²) in [5.41, 5.74) is 0.848. The SMILES string of the molecule is CCS(=O)(=O)Oc1cc(C)n(C)n1. The van der Waals surface area contributed by atoms with Crippen LogP contribution in [0, 0.1) is 6.92 Å². The summed E-state index contributed by atoms with van der Waals surface area (Å²) in [5, 5.41) is 3.86. The summed E-state index contributed by atoms with van der Waals surface area (Å²) < 4.78 is 28.3. The lowest BCUT2D eigenvalue weighted by Crippen LogP contribution is -2.11. The van der Waals surface area contributed by atoms with Crippen molar-refractivity contribution in [1.82, 2.24) is 9.78 Å². The Labute approximate surface area is 77.4 Å². The second-order valence-corrected chi connectivity index (χ2v) is 4.54. The van der Waals surface area contributed by atoms with Crippen LogP contribution >= 0.6 is 0 Å². The molecule has 0 saturated carbocycles. The van der Waals surface area contributed by atoms with Gasteiger partial charge in [0, 0.05) is 18.8 Å². The van der Waals surface area contributed by atoms with Crippen molar-refractivity contribution in [3.63, 3.8) is 0 Å². The van der Waals surface area contributed by atoms with E-state index in [4.69, 9.17) is 4.18 Å². The van der Waals surface area contributed by atoms with Crippen LogP contribution in [0.25, 0.3) is 0 Å². The molecule has 0 aromatic carbocycles. The van der Waals surface area contributed by atoms with Crippen molar-refractivity contribution >= 4 is 10.1 Å². The Kier molecular flexibility index (Phi) is 2.60. The highest BCUT2D eigenvalue weighted by molar-refractivity contribution is 7.87. The van der Waals surface area contributed by atoms with Crippen molar-refractivity contribution in [2.75, 3.05) is 5.75 Å². The van der Waals surface area contributed by atoms with E-state index in [1.54, 1.807) is 17.8 Å². The molecule has 0 aliphatic rings. The minimum absolute atomic E-state index is 0.0530. The van der Waals surface area contributed by atoms with E-state index in [2.05, 4.69) is 5.10 Å². The van der Waals surface area contributed by atoms with Gasteiger partial charge in [0.15, 0.2) is 0 Å². The van der Waals surface area contributed by atoms with E-state index >= 15 is 0 Å². The summed E-state index contributed by atoms with van der Waals surface area (Å²) in [7, 11) is -1.73. The number of hydrogen-bond acceptors (Lipinski definition) is 4. The molecule has 13 heavy (non-hydrogen) atoms. The highest BCUT2D eigenvalue weighted by Gasteiger charge is 2.11. The van der Waals surface area contributed by atoms with Gasteiger partial charge in [-0.05, 0) is 13.8 Å². The average Bonchev–Trinajstić information content (AvgIpc) is 2.30. The van der Waals surface area contributed by atoms with E-state index in [0.29, 0.717) is 0 Å². The van der Waals surface area contributed by atoms with Crippen molar-refractivity contribution in [2.24, 2.45) is 7.05 Å². The fraction of sp³-hybridized carbons (Fsp3) is 0.571. The second kappa shape index (κ2) is 3.37. The normalized spacial score (nSPS) is 11.6. The third-order valence-electron chi connectivity index (χ3n) is 1.66. The molecule has 0 amide bonds. The van der Waals surface area contributed by atoms with Crippen LogP contribution < -0.4 is 4.18 Å². The van der Waals surface area contributed by atoms with E-state index in [1.165, 1.54) is 6.92 Å². The van der Waals surface area contributed by atoms with Crippen molar-refractivity contribution in [3.05, 3.63) is 11.8 Å². The maximum absolute atomic E-state index is 11.0. The average molecular weight is 204 g/mol. The summed E-state index contributed by atoms with van der Waals surface area (Å²) in [6, 6.07) is 1.58. The maximum atomic E-state index is 11.0. The van der Waals surface area contributed by atoms with Crippen LogP contribution in [-0.4, -0.2) is 24.0 Å². The maximum Gasteiger partial charge on any atom is 0.310 e. The molecule has 1 aromatic heterocycles. The number of hydrogen-bond donors (Lipinski definition) is 0. The van der Waals surface area contributed by atoms with Crippen LogP contribution in [0.4, 0.5) is 0 Å². The molecule has 5 nitrogen and oxygen atoms in total. The van der Waals surface area contributed by atoms with E-state index in [0.717, 1.165) is 5.69 Å². The molecule has 0 fully saturated rings. The lowest BCUT2D eigenvalue weighted by molar-refractivity contribution is 0.472. The van der Waals surface area contributed by atoms with Gasteiger partial charge in [-0.15, -0.1) is 5.10 Å². The van der Waals surface area contributed by atoms with Crippen molar-refractivity contribution in [3.8, 4) is 5.88 Å². The van der Waals surface area contributed by atoms with Gasteiger partial charge in [0.1, 0.15) is 0 Å². The van der Waals surface area contributed by atoms with Crippen LogP contribution in [0.2, 0.25) is 0 Å². The summed E-state index contributed by atoms with van der Waals surface area (Å²) in [6.45, 7) is 3.34. The van der Waals surface area contributed by atoms with E-state index in [-0.39, 0.29) is 11.6 Å². The van der Waals surface area contributed by atoms with Crippen LogP contribution in [-0.2, 0) is 17.2 Å². The van der Waals surface area contributed by atoms with Crippen molar-refractivity contribution in [2.45, 2.75) is 13.8 Å². The molecular formula is C7H12N2O3S. The molecule has 0 N–H and O–H groups in total. The smallest absolute Gasteiger partial charge is 0.310 e. The summed E-state index contributed by atoms with van der Waals surface area (Å²) in [5.74, 6) is 0.0738. The molecule has 0 bridgehead atoms. The number of rotatable bonds is 3. The van der Waals surface area contributed by atoms with Crippen LogP contribution in [0.1, 0.15) is 12.6 Å². The highest BCUT2D eigenvalue weighted by atomic mass is 32.2. The fourth-order valence-corrected chi connectivity index (χ4v) is 1.22. The number of aromatic nitrogens is 2. The highest BCUT2D eigenvalue weighted by Crippen LogP contribution is 2.11. The molecule has 1 aromatic rings. The zero-order chi connectivity index (χ0) is 10.1. The summed E-state index contributed by atoms with van der Waals surface area (Å²) in [4.78, 5) is 0. The van der Waals surface area contributed by atoms with Gasteiger partial charge in [-0.2, -0.15) is 8.42 Å². The minimum atomic E-state index is -3.45. The zero-order valence-corrected chi connectivity index (χ0v) is 8.63. The predicted octanol–water partition coefficient (Wildman–Crippen LogP) is 0.457. The first-order valence-electron chi connectivity index (χ1n) is 3.87. The molecular weight excluding hydrogens is 192 g/mol. The number of aryl methyl sites for hydroxylation is 2. The van der Waals surface area contributed by atoms with Gasteiger partial charge in [0.25, 0.3) is 5.88 Å². The Balaban J connectivity index is 2.87. The van der Waals surface area contributed by atoms with Crippen LogP contribution in [0.15, 0.2) is 6.07 Å². The zero-order valence-electron chi connectivity index (χ0n) is 7.81. The van der Waals surface area contributed by atoms with Crippen LogP contribution in [0.3, 0.4) is 0 Å². The van der Waals surface area contributed by atoms with Gasteiger partial charge in [0.2, 0.25) is 0 Å². The molecule has 0 spiro atoms. The minimum Gasteiger partial charge on any atom is -0.360 e. The molecule has 74 valence electrons. The molecule has 0 unspecified atom stereocenters. The predicted molar refractivity (Wildman–Crippen MR) is 48.0 cm³/mol. The first-order chi connectivity index (χ1) is 5.94. The standard InChI is InChI=1S/C7H12N2O3S/c1-4-13(10,11)12-7-5-6(2)9(3)8-7/h5H,4H2,1-3H3. The molecule has 6 heteroatoms. The Morgan fingerprint density at radius 3 is 2.62 bits per heavy atom. The van der Waals surface area contributed by atoms with Gasteiger partial charge in [-0.1, -0.05) is 0 Å². The molecule has 0 atom stereocenters. The van der Waals surface area contributed by atoms with Crippen LogP contribution in [0.5, 0.6) is 5.88 Å². The van der Waals surface area contributed by atoms with Gasteiger partial charge >= 0.3 is 10.1 Å². The first kappa shape index (κ1) is 10.0. The quantitative estimate of drug-likeness (QED) is 0.671. The van der Waals surface area contributed by atoms with E-state index < -0.39 is 10.1 Å². The third-order valence-corrected chi connectivity index (χ3v) is 2.79. The Bertz CT molecular complexity index is 374. The molecule has 0 radical (unpaired) electrons. The van der Waals surface area contributed by atoms with E-state index in [9.17, 15) is 8.42 Å². The van der Waals surface area contributed by atoms with Gasteiger partial charge < -0.3 is 4.18 Å². The Morgan fingerprint density at radius 2 is 2.23 bits per heavy atom. The molecule has 0 aliphatic carbocycles. The Morgan fingerprint density at radius 1 is 1.62 bits per heavy atom.